The first-order valence-corrected chi connectivity index (χ1v) is 6.25. The molecule has 2 N–H and O–H groups in total. The summed E-state index contributed by atoms with van der Waals surface area (Å²) in [6.45, 7) is 6.36. The Labute approximate surface area is 107 Å². The fourth-order valence-corrected chi connectivity index (χ4v) is 2.44. The summed E-state index contributed by atoms with van der Waals surface area (Å²) in [6, 6.07) is 3.14. The normalized spacial score (nSPS) is 25.6. The number of benzene rings is 1. The summed E-state index contributed by atoms with van der Waals surface area (Å²) < 4.78 is 13.6. The zero-order chi connectivity index (χ0) is 13.5. The van der Waals surface area contributed by atoms with Gasteiger partial charge in [-0.15, -0.1) is 0 Å². The lowest BCUT2D eigenvalue weighted by molar-refractivity contribution is 0.0839. The maximum Gasteiger partial charge on any atom is 0.126 e. The number of aliphatic hydroxyl groups excluding tert-OH is 1. The summed E-state index contributed by atoms with van der Waals surface area (Å²) in [5, 5.41) is 19.8. The Kier molecular flexibility index (Phi) is 3.34. The number of rotatable bonds is 2. The van der Waals surface area contributed by atoms with Crippen LogP contribution >= 0.6 is 0 Å². The molecule has 1 aromatic rings. The third-order valence-electron chi connectivity index (χ3n) is 3.55. The Morgan fingerprint density at radius 2 is 2.11 bits per heavy atom. The summed E-state index contributed by atoms with van der Waals surface area (Å²) in [5.74, 6) is -0.305. The maximum atomic E-state index is 13.6. The van der Waals surface area contributed by atoms with Gasteiger partial charge in [0, 0.05) is 24.3 Å². The molecule has 3 nitrogen and oxygen atoms in total. The van der Waals surface area contributed by atoms with E-state index in [9.17, 15) is 14.6 Å². The molecule has 18 heavy (non-hydrogen) atoms. The van der Waals surface area contributed by atoms with Gasteiger partial charge in [-0.05, 0) is 44.9 Å². The highest BCUT2D eigenvalue weighted by Gasteiger charge is 2.32. The number of β-amino-alcohol motifs (C(OH)–C–C–N with tert-alkyl or cyclic N) is 1. The second-order valence-electron chi connectivity index (χ2n) is 5.50. The zero-order valence-corrected chi connectivity index (χ0v) is 11.1. The lowest BCUT2D eigenvalue weighted by atomic mass is 10.0. The predicted octanol–water partition coefficient (Wildman–Crippen LogP) is 2.15. The number of hydrogen-bond donors (Lipinski definition) is 2. The van der Waals surface area contributed by atoms with Gasteiger partial charge in [0.2, 0.25) is 0 Å². The first-order chi connectivity index (χ1) is 8.30. The minimum atomic E-state index is -0.722. The molecule has 0 aromatic heterocycles. The summed E-state index contributed by atoms with van der Waals surface area (Å²) in [5.41, 5.74) is 1.25. The van der Waals surface area contributed by atoms with Crippen molar-refractivity contribution in [2.45, 2.75) is 38.9 Å². The topological polar surface area (TPSA) is 43.7 Å². The Bertz CT molecular complexity index is 457. The third kappa shape index (κ3) is 2.49. The van der Waals surface area contributed by atoms with Gasteiger partial charge in [-0.3, -0.25) is 0 Å². The molecule has 2 atom stereocenters. The van der Waals surface area contributed by atoms with Crippen molar-refractivity contribution in [3.8, 4) is 0 Å². The third-order valence-corrected chi connectivity index (χ3v) is 3.55. The molecule has 2 rings (SSSR count). The van der Waals surface area contributed by atoms with Crippen molar-refractivity contribution < 1.29 is 14.6 Å². The molecule has 4 heteroatoms. The summed E-state index contributed by atoms with van der Waals surface area (Å²) >= 11 is 0. The van der Waals surface area contributed by atoms with E-state index in [2.05, 4.69) is 0 Å². The van der Waals surface area contributed by atoms with Crippen molar-refractivity contribution >= 4 is 5.69 Å². The molecular formula is C14H20FNO2. The average Bonchev–Trinajstić information content (AvgIpc) is 2.62. The minimum Gasteiger partial charge on any atom is -0.389 e. The molecule has 0 aliphatic carbocycles. The van der Waals surface area contributed by atoms with Gasteiger partial charge in [0.05, 0.1) is 11.7 Å². The van der Waals surface area contributed by atoms with E-state index >= 15 is 0 Å². The van der Waals surface area contributed by atoms with E-state index in [1.54, 1.807) is 26.8 Å². The highest BCUT2D eigenvalue weighted by molar-refractivity contribution is 5.57. The van der Waals surface area contributed by atoms with Crippen molar-refractivity contribution in [2.24, 2.45) is 0 Å². The van der Waals surface area contributed by atoms with Crippen molar-refractivity contribution in [3.05, 3.63) is 29.1 Å². The molecule has 1 saturated heterocycles. The fraction of sp³-hybridized carbons (Fsp3) is 0.571. The summed E-state index contributed by atoms with van der Waals surface area (Å²) in [7, 11) is 0. The molecule has 1 heterocycles. The minimum absolute atomic E-state index is 0.305. The van der Waals surface area contributed by atoms with Crippen LogP contribution in [0.5, 0.6) is 0 Å². The van der Waals surface area contributed by atoms with E-state index in [0.29, 0.717) is 24.1 Å². The monoisotopic (exact) mass is 253 g/mol. The van der Waals surface area contributed by atoms with Gasteiger partial charge in [-0.2, -0.15) is 0 Å². The van der Waals surface area contributed by atoms with Crippen LogP contribution in [-0.4, -0.2) is 28.9 Å². The molecule has 0 bridgehead atoms. The fourth-order valence-electron chi connectivity index (χ4n) is 2.44. The SMILES string of the molecule is Cc1cc(N2CCC(C)(O)C2)c([C@@H](C)O)cc1F. The number of aliphatic hydroxyl groups is 2. The Morgan fingerprint density at radius 3 is 2.61 bits per heavy atom. The molecule has 1 fully saturated rings. The maximum absolute atomic E-state index is 13.6. The average molecular weight is 253 g/mol. The number of anilines is 1. The molecular weight excluding hydrogens is 233 g/mol. The van der Waals surface area contributed by atoms with Gasteiger partial charge in [0.1, 0.15) is 5.82 Å². The van der Waals surface area contributed by atoms with Crippen molar-refractivity contribution in [2.75, 3.05) is 18.0 Å². The molecule has 1 aromatic carbocycles. The van der Waals surface area contributed by atoms with Crippen LogP contribution in [0.3, 0.4) is 0 Å². The molecule has 0 amide bonds. The van der Waals surface area contributed by atoms with Gasteiger partial charge >= 0.3 is 0 Å². The van der Waals surface area contributed by atoms with Gasteiger partial charge in [-0.1, -0.05) is 0 Å². The lowest BCUT2D eigenvalue weighted by Crippen LogP contribution is -2.30. The first-order valence-electron chi connectivity index (χ1n) is 6.25. The molecule has 0 radical (unpaired) electrons. The van der Waals surface area contributed by atoms with Gasteiger partial charge < -0.3 is 15.1 Å². The number of nitrogens with zero attached hydrogens (tertiary/aromatic N) is 1. The van der Waals surface area contributed by atoms with E-state index in [4.69, 9.17) is 0 Å². The van der Waals surface area contributed by atoms with Crippen LogP contribution in [0.15, 0.2) is 12.1 Å². The standard InChI is InChI=1S/C14H20FNO2/c1-9-6-13(11(10(2)17)7-12(9)15)16-5-4-14(3,18)8-16/h6-7,10,17-18H,4-5,8H2,1-3H3/t10-,14?/m1/s1. The zero-order valence-electron chi connectivity index (χ0n) is 11.1. The van der Waals surface area contributed by atoms with Crippen LogP contribution in [-0.2, 0) is 0 Å². The van der Waals surface area contributed by atoms with E-state index < -0.39 is 11.7 Å². The van der Waals surface area contributed by atoms with Crippen molar-refractivity contribution in [1.82, 2.24) is 0 Å². The van der Waals surface area contributed by atoms with Crippen LogP contribution in [0.4, 0.5) is 10.1 Å². The predicted molar refractivity (Wildman–Crippen MR) is 69.2 cm³/mol. The number of aryl methyl sites for hydroxylation is 1. The van der Waals surface area contributed by atoms with E-state index in [1.165, 1.54) is 6.07 Å². The Balaban J connectivity index is 2.41. The quantitative estimate of drug-likeness (QED) is 0.848. The molecule has 1 aliphatic heterocycles. The number of hydrogen-bond acceptors (Lipinski definition) is 3. The second-order valence-corrected chi connectivity index (χ2v) is 5.50. The van der Waals surface area contributed by atoms with Gasteiger partial charge in [0.25, 0.3) is 0 Å². The molecule has 100 valence electrons. The van der Waals surface area contributed by atoms with Crippen molar-refractivity contribution in [1.29, 1.82) is 0 Å². The van der Waals surface area contributed by atoms with E-state index in [0.717, 1.165) is 12.2 Å². The molecule has 0 spiro atoms. The highest BCUT2D eigenvalue weighted by Crippen LogP contribution is 2.33. The number of halogens is 1. The Morgan fingerprint density at radius 1 is 1.44 bits per heavy atom. The molecule has 1 unspecified atom stereocenters. The van der Waals surface area contributed by atoms with Crippen molar-refractivity contribution in [3.63, 3.8) is 0 Å². The van der Waals surface area contributed by atoms with E-state index in [1.807, 2.05) is 4.90 Å². The highest BCUT2D eigenvalue weighted by atomic mass is 19.1. The second kappa shape index (κ2) is 4.52. The summed E-state index contributed by atoms with van der Waals surface area (Å²) in [6.07, 6.45) is -0.0384. The van der Waals surface area contributed by atoms with Crippen LogP contribution in [0.2, 0.25) is 0 Å². The van der Waals surface area contributed by atoms with Crippen LogP contribution < -0.4 is 4.90 Å². The first kappa shape index (κ1) is 13.3. The van der Waals surface area contributed by atoms with Crippen LogP contribution in [0, 0.1) is 12.7 Å². The lowest BCUT2D eigenvalue weighted by Gasteiger charge is -2.25. The van der Waals surface area contributed by atoms with Crippen LogP contribution in [0.1, 0.15) is 37.5 Å². The van der Waals surface area contributed by atoms with Gasteiger partial charge in [-0.25, -0.2) is 4.39 Å². The largest absolute Gasteiger partial charge is 0.389 e. The molecule has 1 aliphatic rings. The Hall–Kier alpha value is -1.13. The smallest absolute Gasteiger partial charge is 0.126 e. The van der Waals surface area contributed by atoms with E-state index in [-0.39, 0.29) is 5.82 Å². The summed E-state index contributed by atoms with van der Waals surface area (Å²) in [4.78, 5) is 2.01. The van der Waals surface area contributed by atoms with Gasteiger partial charge in [0.15, 0.2) is 0 Å². The van der Waals surface area contributed by atoms with Crippen LogP contribution in [0.25, 0.3) is 0 Å². The molecule has 0 saturated carbocycles.